The van der Waals surface area contributed by atoms with Gasteiger partial charge in [-0.1, -0.05) is 29.8 Å². The third kappa shape index (κ3) is 3.31. The molecule has 0 aromatic heterocycles. The Kier molecular flexibility index (Phi) is 4.52. The fourth-order valence-electron chi connectivity index (χ4n) is 3.46. The Labute approximate surface area is 148 Å². The number of ether oxygens (including phenoxy) is 1. The van der Waals surface area contributed by atoms with Crippen LogP contribution in [0, 0.1) is 0 Å². The highest BCUT2D eigenvalue weighted by atomic mass is 19.4. The maximum absolute atomic E-state index is 12.8. The number of rotatable bonds is 4. The maximum Gasteiger partial charge on any atom is 0.416 e. The first-order valence-electron chi connectivity index (χ1n) is 7.99. The summed E-state index contributed by atoms with van der Waals surface area (Å²) < 4.78 is 43.7. The van der Waals surface area contributed by atoms with E-state index in [1.807, 2.05) is 12.1 Å². The largest absolute Gasteiger partial charge is 0.497 e. The second kappa shape index (κ2) is 6.52. The third-order valence-corrected chi connectivity index (χ3v) is 4.79. The third-order valence-electron chi connectivity index (χ3n) is 4.79. The van der Waals surface area contributed by atoms with E-state index in [0.29, 0.717) is 18.6 Å². The second-order valence-electron chi connectivity index (χ2n) is 6.38. The monoisotopic (exact) mass is 362 g/mol. The van der Waals surface area contributed by atoms with Crippen molar-refractivity contribution >= 4 is 5.97 Å². The molecule has 136 valence electrons. The SMILES string of the molecule is COc1ccc(C2(c3ccc(C(F)(F)F)cc3)CC(=CC(=O)O)C2)cc1. The molecule has 3 nitrogen and oxygen atoms in total. The number of hydrogen-bond donors (Lipinski definition) is 1. The van der Waals surface area contributed by atoms with E-state index in [9.17, 15) is 18.0 Å². The normalized spacial score (nSPS) is 19.6. The number of carbonyl (C=O) groups is 1. The van der Waals surface area contributed by atoms with Gasteiger partial charge in [0.1, 0.15) is 5.75 Å². The van der Waals surface area contributed by atoms with E-state index in [1.165, 1.54) is 18.2 Å². The minimum absolute atomic E-state index is 0.455. The van der Waals surface area contributed by atoms with Crippen LogP contribution in [-0.2, 0) is 16.4 Å². The van der Waals surface area contributed by atoms with Crippen molar-refractivity contribution in [1.82, 2.24) is 0 Å². The molecule has 26 heavy (non-hydrogen) atoms. The number of hydrogen-bond acceptors (Lipinski definition) is 2. The molecule has 0 aliphatic heterocycles. The van der Waals surface area contributed by atoms with Gasteiger partial charge in [0.15, 0.2) is 0 Å². The molecule has 3 rings (SSSR count). The van der Waals surface area contributed by atoms with Crippen molar-refractivity contribution in [2.45, 2.75) is 24.4 Å². The molecule has 0 amide bonds. The summed E-state index contributed by atoms with van der Waals surface area (Å²) in [7, 11) is 1.55. The van der Waals surface area contributed by atoms with Crippen molar-refractivity contribution < 1.29 is 27.8 Å². The van der Waals surface area contributed by atoms with Gasteiger partial charge in [0.2, 0.25) is 0 Å². The van der Waals surface area contributed by atoms with Crippen LogP contribution in [0.4, 0.5) is 13.2 Å². The van der Waals surface area contributed by atoms with Gasteiger partial charge in [-0.05, 0) is 48.2 Å². The lowest BCUT2D eigenvalue weighted by atomic mass is 9.58. The molecule has 6 heteroatoms. The van der Waals surface area contributed by atoms with Crippen molar-refractivity contribution in [2.24, 2.45) is 0 Å². The van der Waals surface area contributed by atoms with Gasteiger partial charge in [0.25, 0.3) is 0 Å². The molecule has 1 N–H and O–H groups in total. The van der Waals surface area contributed by atoms with Crippen molar-refractivity contribution in [1.29, 1.82) is 0 Å². The number of allylic oxidation sites excluding steroid dienone is 1. The predicted molar refractivity (Wildman–Crippen MR) is 90.2 cm³/mol. The Morgan fingerprint density at radius 1 is 1.04 bits per heavy atom. The molecular formula is C20H17F3O3. The quantitative estimate of drug-likeness (QED) is 0.795. The van der Waals surface area contributed by atoms with E-state index in [-0.39, 0.29) is 0 Å². The van der Waals surface area contributed by atoms with Gasteiger partial charge in [-0.2, -0.15) is 13.2 Å². The van der Waals surface area contributed by atoms with Crippen LogP contribution in [0.1, 0.15) is 29.5 Å². The standard InChI is InChI=1S/C20H17F3O3/c1-26-17-8-6-15(7-9-17)19(11-13(12-19)10-18(24)25)14-2-4-16(5-3-14)20(21,22)23/h2-10H,11-12H2,1H3,(H,24,25). The summed E-state index contributed by atoms with van der Waals surface area (Å²) in [5.41, 5.74) is 1.18. The van der Waals surface area contributed by atoms with Gasteiger partial charge in [-0.3, -0.25) is 0 Å². The number of carboxylic acids is 1. The van der Waals surface area contributed by atoms with E-state index in [4.69, 9.17) is 9.84 Å². The average Bonchev–Trinajstić information content (AvgIpc) is 2.57. The summed E-state index contributed by atoms with van der Waals surface area (Å²) in [5.74, 6) is -0.340. The van der Waals surface area contributed by atoms with Crippen molar-refractivity contribution in [3.63, 3.8) is 0 Å². The summed E-state index contributed by atoms with van der Waals surface area (Å²) >= 11 is 0. The molecule has 0 saturated heterocycles. The molecule has 0 radical (unpaired) electrons. The highest BCUT2D eigenvalue weighted by Crippen LogP contribution is 2.52. The maximum atomic E-state index is 12.8. The predicted octanol–water partition coefficient (Wildman–Crippen LogP) is 4.80. The number of alkyl halides is 3. The smallest absolute Gasteiger partial charge is 0.416 e. The molecule has 0 spiro atoms. The Bertz CT molecular complexity index is 826. The van der Waals surface area contributed by atoms with Crippen LogP contribution >= 0.6 is 0 Å². The van der Waals surface area contributed by atoms with Gasteiger partial charge in [-0.25, -0.2) is 4.79 Å². The minimum atomic E-state index is -4.39. The summed E-state index contributed by atoms with van der Waals surface area (Å²) in [5, 5.41) is 8.94. The van der Waals surface area contributed by atoms with Crippen molar-refractivity contribution in [3.8, 4) is 5.75 Å². The summed E-state index contributed by atoms with van der Waals surface area (Å²) in [6.07, 6.45) is -2.31. The molecule has 2 aromatic rings. The van der Waals surface area contributed by atoms with Gasteiger partial charge >= 0.3 is 12.1 Å². The fourth-order valence-corrected chi connectivity index (χ4v) is 3.46. The van der Waals surface area contributed by atoms with Crippen LogP contribution in [0.25, 0.3) is 0 Å². The number of carboxylic acid groups (broad SMARTS) is 1. The van der Waals surface area contributed by atoms with Gasteiger partial charge in [0, 0.05) is 11.5 Å². The summed E-state index contributed by atoms with van der Waals surface area (Å²) in [6.45, 7) is 0. The Morgan fingerprint density at radius 2 is 1.54 bits per heavy atom. The Morgan fingerprint density at radius 3 is 1.96 bits per heavy atom. The molecule has 0 bridgehead atoms. The van der Waals surface area contributed by atoms with E-state index < -0.39 is 23.1 Å². The van der Waals surface area contributed by atoms with E-state index in [0.717, 1.165) is 28.8 Å². The summed E-state index contributed by atoms with van der Waals surface area (Å²) in [6, 6.07) is 12.4. The molecule has 1 aliphatic rings. The Balaban J connectivity index is 2.00. The number of halogens is 3. The topological polar surface area (TPSA) is 46.5 Å². The molecule has 1 saturated carbocycles. The average molecular weight is 362 g/mol. The van der Waals surface area contributed by atoms with Crippen LogP contribution in [-0.4, -0.2) is 18.2 Å². The van der Waals surface area contributed by atoms with Crippen LogP contribution in [0.5, 0.6) is 5.75 Å². The molecule has 0 atom stereocenters. The van der Waals surface area contributed by atoms with Gasteiger partial charge < -0.3 is 9.84 Å². The van der Waals surface area contributed by atoms with E-state index >= 15 is 0 Å². The zero-order valence-electron chi connectivity index (χ0n) is 14.0. The highest BCUT2D eigenvalue weighted by molar-refractivity contribution is 5.81. The van der Waals surface area contributed by atoms with Gasteiger partial charge in [0.05, 0.1) is 12.7 Å². The first kappa shape index (κ1) is 18.0. The zero-order valence-corrected chi connectivity index (χ0v) is 14.0. The second-order valence-corrected chi connectivity index (χ2v) is 6.38. The first-order chi connectivity index (χ1) is 12.2. The lowest BCUT2D eigenvalue weighted by Crippen LogP contribution is -2.37. The molecule has 1 fully saturated rings. The van der Waals surface area contributed by atoms with Crippen molar-refractivity contribution in [2.75, 3.05) is 7.11 Å². The van der Waals surface area contributed by atoms with Crippen LogP contribution in [0.15, 0.2) is 60.2 Å². The molecule has 1 aliphatic carbocycles. The number of methoxy groups -OCH3 is 1. The lowest BCUT2D eigenvalue weighted by Gasteiger charge is -2.45. The molecular weight excluding hydrogens is 345 g/mol. The van der Waals surface area contributed by atoms with Crippen LogP contribution in [0.2, 0.25) is 0 Å². The van der Waals surface area contributed by atoms with Crippen molar-refractivity contribution in [3.05, 3.63) is 76.9 Å². The first-order valence-corrected chi connectivity index (χ1v) is 7.99. The number of aliphatic carboxylic acids is 1. The Hall–Kier alpha value is -2.76. The summed E-state index contributed by atoms with van der Waals surface area (Å²) in [4.78, 5) is 10.9. The van der Waals surface area contributed by atoms with Gasteiger partial charge in [-0.15, -0.1) is 0 Å². The molecule has 2 aromatic carbocycles. The minimum Gasteiger partial charge on any atom is -0.497 e. The highest BCUT2D eigenvalue weighted by Gasteiger charge is 2.44. The molecule has 0 heterocycles. The zero-order chi connectivity index (χ0) is 18.9. The van der Waals surface area contributed by atoms with E-state index in [2.05, 4.69) is 0 Å². The fraction of sp³-hybridized carbons (Fsp3) is 0.250. The van der Waals surface area contributed by atoms with E-state index in [1.54, 1.807) is 19.2 Å². The molecule has 0 unspecified atom stereocenters. The number of benzene rings is 2. The lowest BCUT2D eigenvalue weighted by molar-refractivity contribution is -0.137. The van der Waals surface area contributed by atoms with Crippen LogP contribution < -0.4 is 4.74 Å². The van der Waals surface area contributed by atoms with Crippen LogP contribution in [0.3, 0.4) is 0 Å².